The van der Waals surface area contributed by atoms with E-state index in [9.17, 15) is 0 Å². The molecule has 7 nitrogen and oxygen atoms in total. The third-order valence-electron chi connectivity index (χ3n) is 10.2. The van der Waals surface area contributed by atoms with E-state index in [1.54, 1.807) is 0 Å². The van der Waals surface area contributed by atoms with Crippen molar-refractivity contribution >= 4 is 71.8 Å². The molecule has 0 saturated carbocycles. The van der Waals surface area contributed by atoms with E-state index >= 15 is 0 Å². The molecule has 4 heterocycles. The minimum atomic E-state index is 0.591. The molecule has 55 heavy (non-hydrogen) atoms. The summed E-state index contributed by atoms with van der Waals surface area (Å²) in [5.74, 6) is 1.18. The Kier molecular flexibility index (Phi) is 7.03. The Morgan fingerprint density at radius 1 is 0.400 bits per heavy atom. The summed E-state index contributed by atoms with van der Waals surface area (Å²) in [5, 5.41) is 4.40. The number of anilines is 3. The average Bonchev–Trinajstić information content (AvgIpc) is 3.89. The molecular weight excluding hydrogens is 679 g/mol. The van der Waals surface area contributed by atoms with E-state index in [0.717, 1.165) is 94.1 Å². The lowest BCUT2D eigenvalue weighted by molar-refractivity contribution is 0.619. The van der Waals surface area contributed by atoms with E-state index in [-0.39, 0.29) is 0 Å². The summed E-state index contributed by atoms with van der Waals surface area (Å²) < 4.78 is 12.2. The van der Waals surface area contributed by atoms with Crippen molar-refractivity contribution in [3.63, 3.8) is 0 Å². The number of hydrogen-bond donors (Lipinski definition) is 0. The van der Waals surface area contributed by atoms with Gasteiger partial charge in [0.05, 0.1) is 11.0 Å². The Bertz CT molecular complexity index is 2980. The molecule has 0 atom stereocenters. The molecular formula is C48H29N5O2. The van der Waals surface area contributed by atoms with Crippen molar-refractivity contribution in [1.82, 2.24) is 19.9 Å². The lowest BCUT2D eigenvalue weighted by Gasteiger charge is -2.26. The minimum absolute atomic E-state index is 0.591. The molecule has 0 spiro atoms. The van der Waals surface area contributed by atoms with Crippen LogP contribution in [0.1, 0.15) is 0 Å². The fourth-order valence-electron chi connectivity index (χ4n) is 7.53. The number of rotatable bonds is 6. The van der Waals surface area contributed by atoms with Gasteiger partial charge >= 0.3 is 0 Å². The number of aromatic nitrogens is 4. The van der Waals surface area contributed by atoms with E-state index in [1.165, 1.54) is 0 Å². The number of nitrogens with zero attached hydrogens (tertiary/aromatic N) is 5. The first kappa shape index (κ1) is 30.9. The van der Waals surface area contributed by atoms with Gasteiger partial charge in [0.1, 0.15) is 11.0 Å². The summed E-state index contributed by atoms with van der Waals surface area (Å²) in [6.45, 7) is 0. The van der Waals surface area contributed by atoms with Crippen molar-refractivity contribution < 1.29 is 8.83 Å². The second-order valence-corrected chi connectivity index (χ2v) is 13.5. The fourth-order valence-corrected chi connectivity index (χ4v) is 7.53. The van der Waals surface area contributed by atoms with E-state index in [4.69, 9.17) is 23.8 Å². The Balaban J connectivity index is 1.01. The maximum Gasteiger partial charge on any atom is 0.227 e. The van der Waals surface area contributed by atoms with Crippen molar-refractivity contribution in [3.8, 4) is 34.0 Å². The first-order valence-corrected chi connectivity index (χ1v) is 18.1. The van der Waals surface area contributed by atoms with Crippen LogP contribution in [0.4, 0.5) is 17.1 Å². The van der Waals surface area contributed by atoms with E-state index < -0.39 is 0 Å². The van der Waals surface area contributed by atoms with E-state index in [1.807, 2.05) is 73.1 Å². The smallest absolute Gasteiger partial charge is 0.227 e. The Hall–Kier alpha value is -7.64. The standard InChI is InChI=1S/C48H29N5O2/c1-3-11-43-40(9-1)51-47(54-43)30-15-20-36(21-16-30)53(37-22-17-31(18-23-37)48-52-41-10-2-4-12-44(41)55-48)38-24-19-32-27-34(14-13-33(32)28-38)45-39-8-6-25-49-42(39)29-35-7-5-26-50-46(35)45/h1-29H. The van der Waals surface area contributed by atoms with Gasteiger partial charge < -0.3 is 13.7 Å². The van der Waals surface area contributed by atoms with Crippen molar-refractivity contribution in [2.75, 3.05) is 4.90 Å². The number of oxazole rings is 2. The Labute approximate surface area is 314 Å². The highest BCUT2D eigenvalue weighted by molar-refractivity contribution is 6.11. The Morgan fingerprint density at radius 2 is 0.964 bits per heavy atom. The topological polar surface area (TPSA) is 81.1 Å². The third-order valence-corrected chi connectivity index (χ3v) is 10.2. The molecule has 0 radical (unpaired) electrons. The molecule has 11 aromatic rings. The molecule has 4 aromatic heterocycles. The molecule has 11 rings (SSSR count). The van der Waals surface area contributed by atoms with Crippen LogP contribution in [0.2, 0.25) is 0 Å². The number of hydrogen-bond acceptors (Lipinski definition) is 7. The van der Waals surface area contributed by atoms with Crippen LogP contribution in [0.3, 0.4) is 0 Å². The van der Waals surface area contributed by atoms with Crippen LogP contribution < -0.4 is 4.90 Å². The molecule has 0 aliphatic carbocycles. The zero-order chi connectivity index (χ0) is 36.3. The van der Waals surface area contributed by atoms with Gasteiger partial charge in [0.2, 0.25) is 11.8 Å². The molecule has 0 aliphatic heterocycles. The highest BCUT2D eigenvalue weighted by Gasteiger charge is 2.18. The van der Waals surface area contributed by atoms with Crippen molar-refractivity contribution in [1.29, 1.82) is 0 Å². The average molecular weight is 708 g/mol. The second kappa shape index (κ2) is 12.5. The van der Waals surface area contributed by atoms with Gasteiger partial charge in [0.15, 0.2) is 11.2 Å². The van der Waals surface area contributed by atoms with Gasteiger partial charge in [-0.15, -0.1) is 0 Å². The molecule has 258 valence electrons. The van der Waals surface area contributed by atoms with Gasteiger partial charge in [0, 0.05) is 56.9 Å². The van der Waals surface area contributed by atoms with Crippen LogP contribution in [-0.2, 0) is 0 Å². The maximum atomic E-state index is 6.09. The van der Waals surface area contributed by atoms with Crippen LogP contribution in [0.15, 0.2) is 185 Å². The summed E-state index contributed by atoms with van der Waals surface area (Å²) in [5.41, 5.74) is 12.1. The van der Waals surface area contributed by atoms with Gasteiger partial charge in [-0.25, -0.2) is 9.97 Å². The van der Waals surface area contributed by atoms with Crippen molar-refractivity contribution in [2.45, 2.75) is 0 Å². The first-order valence-electron chi connectivity index (χ1n) is 18.1. The highest BCUT2D eigenvalue weighted by Crippen LogP contribution is 2.40. The highest BCUT2D eigenvalue weighted by atomic mass is 16.4. The second-order valence-electron chi connectivity index (χ2n) is 13.5. The summed E-state index contributed by atoms with van der Waals surface area (Å²) >= 11 is 0. The van der Waals surface area contributed by atoms with Crippen LogP contribution in [0.5, 0.6) is 0 Å². The van der Waals surface area contributed by atoms with Crippen LogP contribution in [0, 0.1) is 0 Å². The van der Waals surface area contributed by atoms with Gasteiger partial charge in [-0.1, -0.05) is 54.6 Å². The fraction of sp³-hybridized carbons (Fsp3) is 0. The quantitative estimate of drug-likeness (QED) is 0.159. The minimum Gasteiger partial charge on any atom is -0.436 e. The molecule has 0 aliphatic rings. The third kappa shape index (κ3) is 5.37. The first-order chi connectivity index (χ1) is 27.2. The predicted octanol–water partition coefficient (Wildman–Crippen LogP) is 12.7. The Morgan fingerprint density at radius 3 is 1.64 bits per heavy atom. The maximum absolute atomic E-state index is 6.09. The van der Waals surface area contributed by atoms with E-state index in [0.29, 0.717) is 11.8 Å². The zero-order valence-electron chi connectivity index (χ0n) is 29.3. The zero-order valence-corrected chi connectivity index (χ0v) is 29.3. The molecule has 0 N–H and O–H groups in total. The van der Waals surface area contributed by atoms with E-state index in [2.05, 4.69) is 113 Å². The van der Waals surface area contributed by atoms with Crippen molar-refractivity contribution in [2.24, 2.45) is 0 Å². The van der Waals surface area contributed by atoms with Gasteiger partial charge in [-0.3, -0.25) is 9.97 Å². The summed E-state index contributed by atoms with van der Waals surface area (Å²) in [6, 6.07) is 55.9. The molecule has 0 amide bonds. The molecule has 7 aromatic carbocycles. The number of pyridine rings is 2. The van der Waals surface area contributed by atoms with Gasteiger partial charge in [-0.2, -0.15) is 0 Å². The van der Waals surface area contributed by atoms with Gasteiger partial charge in [0.25, 0.3) is 0 Å². The lowest BCUT2D eigenvalue weighted by atomic mass is 9.95. The largest absolute Gasteiger partial charge is 0.436 e. The normalized spacial score (nSPS) is 11.6. The van der Waals surface area contributed by atoms with Crippen LogP contribution in [-0.4, -0.2) is 19.9 Å². The monoisotopic (exact) mass is 707 g/mol. The molecule has 0 saturated heterocycles. The predicted molar refractivity (Wildman–Crippen MR) is 221 cm³/mol. The summed E-state index contributed by atoms with van der Waals surface area (Å²) in [7, 11) is 0. The van der Waals surface area contributed by atoms with Crippen LogP contribution in [0.25, 0.3) is 88.8 Å². The van der Waals surface area contributed by atoms with Gasteiger partial charge in [-0.05, 0) is 126 Å². The number of para-hydroxylation sites is 4. The summed E-state index contributed by atoms with van der Waals surface area (Å²) in [4.78, 5) is 21.2. The lowest BCUT2D eigenvalue weighted by Crippen LogP contribution is -2.09. The number of benzene rings is 7. The molecule has 7 heteroatoms. The number of fused-ring (bicyclic) bond motifs is 5. The molecule has 0 fully saturated rings. The SMILES string of the molecule is c1cnc2c(-c3ccc4cc(N(c5ccc(-c6nc7ccccc7o6)cc5)c5ccc(-c6nc7ccccc7o6)cc5)ccc4c3)c3cccnc3cc2c1. The van der Waals surface area contributed by atoms with Crippen molar-refractivity contribution in [3.05, 3.63) is 176 Å². The molecule has 0 unspecified atom stereocenters. The molecule has 0 bridgehead atoms. The summed E-state index contributed by atoms with van der Waals surface area (Å²) in [6.07, 6.45) is 3.70. The van der Waals surface area contributed by atoms with Crippen LogP contribution >= 0.6 is 0 Å².